The van der Waals surface area contributed by atoms with Crippen molar-refractivity contribution in [3.8, 4) is 11.3 Å². The van der Waals surface area contributed by atoms with E-state index in [1.807, 2.05) is 38.1 Å². The molecule has 0 atom stereocenters. The highest BCUT2D eigenvalue weighted by atomic mass is 35.5. The molecule has 1 heterocycles. The molecule has 0 radical (unpaired) electrons. The van der Waals surface area contributed by atoms with Crippen molar-refractivity contribution in [3.63, 3.8) is 0 Å². The van der Waals surface area contributed by atoms with Gasteiger partial charge in [-0.3, -0.25) is 0 Å². The summed E-state index contributed by atoms with van der Waals surface area (Å²) in [6, 6.07) is 7.67. The van der Waals surface area contributed by atoms with Crippen LogP contribution in [0.1, 0.15) is 11.1 Å². The summed E-state index contributed by atoms with van der Waals surface area (Å²) in [6.07, 6.45) is 1.76. The molecule has 3 heteroatoms. The molecule has 2 rings (SSSR count). The molecule has 0 aliphatic rings. The van der Waals surface area contributed by atoms with Gasteiger partial charge >= 0.3 is 0 Å². The molecule has 2 aromatic rings. The van der Waals surface area contributed by atoms with Crippen LogP contribution in [0.15, 0.2) is 30.5 Å². The highest BCUT2D eigenvalue weighted by molar-refractivity contribution is 6.33. The van der Waals surface area contributed by atoms with Crippen LogP contribution in [0.5, 0.6) is 0 Å². The molecule has 15 heavy (non-hydrogen) atoms. The number of aryl methyl sites for hydroxylation is 1. The standard InChI is InChI=1S/C12H11ClN2/c1-8-7-14-15-12(9(8)2)10-5-3-4-6-11(10)13/h3-7H,1-2H3. The molecule has 1 aromatic carbocycles. The van der Waals surface area contributed by atoms with E-state index in [1.54, 1.807) is 6.20 Å². The van der Waals surface area contributed by atoms with E-state index in [0.29, 0.717) is 5.02 Å². The lowest BCUT2D eigenvalue weighted by Crippen LogP contribution is -1.94. The minimum Gasteiger partial charge on any atom is -0.158 e. The summed E-state index contributed by atoms with van der Waals surface area (Å²) in [6.45, 7) is 4.05. The Morgan fingerprint density at radius 3 is 2.60 bits per heavy atom. The number of benzene rings is 1. The fourth-order valence-electron chi connectivity index (χ4n) is 1.44. The first-order valence-electron chi connectivity index (χ1n) is 4.74. The van der Waals surface area contributed by atoms with Gasteiger partial charge in [-0.05, 0) is 31.0 Å². The van der Waals surface area contributed by atoms with Crippen LogP contribution in [0.25, 0.3) is 11.3 Å². The summed E-state index contributed by atoms with van der Waals surface area (Å²) < 4.78 is 0. The molecule has 0 spiro atoms. The summed E-state index contributed by atoms with van der Waals surface area (Å²) in [4.78, 5) is 0. The summed E-state index contributed by atoms with van der Waals surface area (Å²) >= 11 is 6.12. The predicted octanol–water partition coefficient (Wildman–Crippen LogP) is 3.41. The van der Waals surface area contributed by atoms with Gasteiger partial charge in [-0.1, -0.05) is 29.8 Å². The summed E-state index contributed by atoms with van der Waals surface area (Å²) in [5.74, 6) is 0. The summed E-state index contributed by atoms with van der Waals surface area (Å²) in [7, 11) is 0. The van der Waals surface area contributed by atoms with Gasteiger partial charge in [0.15, 0.2) is 0 Å². The van der Waals surface area contributed by atoms with Gasteiger partial charge in [0.05, 0.1) is 16.9 Å². The Morgan fingerprint density at radius 2 is 1.87 bits per heavy atom. The van der Waals surface area contributed by atoms with E-state index in [1.165, 1.54) is 0 Å². The van der Waals surface area contributed by atoms with Crippen LogP contribution in [0.2, 0.25) is 5.02 Å². The molecular weight excluding hydrogens is 208 g/mol. The van der Waals surface area contributed by atoms with Crippen molar-refractivity contribution in [1.82, 2.24) is 10.2 Å². The number of rotatable bonds is 1. The normalized spacial score (nSPS) is 10.3. The third-order valence-corrected chi connectivity index (χ3v) is 2.81. The lowest BCUT2D eigenvalue weighted by molar-refractivity contribution is 1.00. The van der Waals surface area contributed by atoms with Crippen LogP contribution in [0, 0.1) is 13.8 Å². The van der Waals surface area contributed by atoms with E-state index in [-0.39, 0.29) is 0 Å². The van der Waals surface area contributed by atoms with Crippen molar-refractivity contribution in [2.75, 3.05) is 0 Å². The molecule has 0 saturated carbocycles. The number of hydrogen-bond donors (Lipinski definition) is 0. The zero-order valence-electron chi connectivity index (χ0n) is 8.66. The van der Waals surface area contributed by atoms with Crippen LogP contribution in [0.4, 0.5) is 0 Å². The first-order valence-corrected chi connectivity index (χ1v) is 5.11. The lowest BCUT2D eigenvalue weighted by Gasteiger charge is -2.07. The van der Waals surface area contributed by atoms with Gasteiger partial charge in [-0.25, -0.2) is 0 Å². The Morgan fingerprint density at radius 1 is 1.13 bits per heavy atom. The van der Waals surface area contributed by atoms with Gasteiger partial charge < -0.3 is 0 Å². The van der Waals surface area contributed by atoms with Crippen molar-refractivity contribution in [1.29, 1.82) is 0 Å². The largest absolute Gasteiger partial charge is 0.158 e. The second kappa shape index (κ2) is 3.99. The van der Waals surface area contributed by atoms with Crippen LogP contribution < -0.4 is 0 Å². The summed E-state index contributed by atoms with van der Waals surface area (Å²) in [5.41, 5.74) is 4.05. The number of halogens is 1. The molecular formula is C12H11ClN2. The van der Waals surface area contributed by atoms with Crippen LogP contribution in [-0.2, 0) is 0 Å². The second-order valence-electron chi connectivity index (χ2n) is 3.48. The Labute approximate surface area is 93.9 Å². The van der Waals surface area contributed by atoms with Gasteiger partial charge in [0, 0.05) is 5.56 Å². The molecule has 0 N–H and O–H groups in total. The minimum absolute atomic E-state index is 0.709. The van der Waals surface area contributed by atoms with Crippen molar-refractivity contribution in [2.45, 2.75) is 13.8 Å². The highest BCUT2D eigenvalue weighted by Gasteiger charge is 2.08. The van der Waals surface area contributed by atoms with E-state index >= 15 is 0 Å². The molecule has 0 bridgehead atoms. The molecule has 0 unspecified atom stereocenters. The molecule has 0 fully saturated rings. The number of aromatic nitrogens is 2. The molecule has 0 aliphatic carbocycles. The van der Waals surface area contributed by atoms with Crippen LogP contribution in [0.3, 0.4) is 0 Å². The zero-order valence-corrected chi connectivity index (χ0v) is 9.42. The maximum atomic E-state index is 6.12. The van der Waals surface area contributed by atoms with Gasteiger partial charge in [-0.15, -0.1) is 0 Å². The maximum Gasteiger partial charge on any atom is 0.0976 e. The third-order valence-electron chi connectivity index (χ3n) is 2.48. The van der Waals surface area contributed by atoms with Crippen LogP contribution in [-0.4, -0.2) is 10.2 Å². The quantitative estimate of drug-likeness (QED) is 0.733. The first-order chi connectivity index (χ1) is 7.20. The van der Waals surface area contributed by atoms with E-state index in [9.17, 15) is 0 Å². The smallest absolute Gasteiger partial charge is 0.0976 e. The topological polar surface area (TPSA) is 25.8 Å². The Balaban J connectivity index is 2.65. The second-order valence-corrected chi connectivity index (χ2v) is 3.89. The highest BCUT2D eigenvalue weighted by Crippen LogP contribution is 2.28. The van der Waals surface area contributed by atoms with E-state index in [4.69, 9.17) is 11.6 Å². The molecule has 0 amide bonds. The lowest BCUT2D eigenvalue weighted by atomic mass is 10.0. The Kier molecular flexibility index (Phi) is 2.69. The Hall–Kier alpha value is -1.41. The van der Waals surface area contributed by atoms with E-state index in [2.05, 4.69) is 10.2 Å². The molecule has 1 aromatic heterocycles. The summed E-state index contributed by atoms with van der Waals surface area (Å²) in [5, 5.41) is 8.80. The predicted molar refractivity (Wildman–Crippen MR) is 62.0 cm³/mol. The molecule has 0 aliphatic heterocycles. The van der Waals surface area contributed by atoms with Crippen molar-refractivity contribution in [3.05, 3.63) is 46.6 Å². The van der Waals surface area contributed by atoms with Gasteiger partial charge in [0.1, 0.15) is 0 Å². The monoisotopic (exact) mass is 218 g/mol. The first kappa shape index (κ1) is 10.1. The number of nitrogens with zero attached hydrogens (tertiary/aromatic N) is 2. The molecule has 2 nitrogen and oxygen atoms in total. The molecule has 0 saturated heterocycles. The van der Waals surface area contributed by atoms with Crippen molar-refractivity contribution >= 4 is 11.6 Å². The van der Waals surface area contributed by atoms with E-state index in [0.717, 1.165) is 22.4 Å². The minimum atomic E-state index is 0.709. The van der Waals surface area contributed by atoms with Crippen LogP contribution >= 0.6 is 11.6 Å². The SMILES string of the molecule is Cc1cnnc(-c2ccccc2Cl)c1C. The van der Waals surface area contributed by atoms with Crippen molar-refractivity contribution in [2.24, 2.45) is 0 Å². The van der Waals surface area contributed by atoms with Gasteiger partial charge in [-0.2, -0.15) is 10.2 Å². The molecule has 76 valence electrons. The fraction of sp³-hybridized carbons (Fsp3) is 0.167. The van der Waals surface area contributed by atoms with Gasteiger partial charge in [0.2, 0.25) is 0 Å². The third kappa shape index (κ3) is 1.85. The maximum absolute atomic E-state index is 6.12. The Bertz CT molecular complexity index is 495. The van der Waals surface area contributed by atoms with Crippen molar-refractivity contribution < 1.29 is 0 Å². The van der Waals surface area contributed by atoms with Gasteiger partial charge in [0.25, 0.3) is 0 Å². The fourth-order valence-corrected chi connectivity index (χ4v) is 1.67. The number of hydrogen-bond acceptors (Lipinski definition) is 2. The average molecular weight is 219 g/mol. The zero-order chi connectivity index (χ0) is 10.8. The van der Waals surface area contributed by atoms with E-state index < -0.39 is 0 Å². The average Bonchev–Trinajstić information content (AvgIpc) is 2.23.